The first-order valence-corrected chi connectivity index (χ1v) is 9.39. The van der Waals surface area contributed by atoms with Crippen LogP contribution >= 0.6 is 0 Å². The van der Waals surface area contributed by atoms with E-state index in [0.717, 1.165) is 11.1 Å². The van der Waals surface area contributed by atoms with Crippen molar-refractivity contribution < 1.29 is 24.2 Å². The Bertz CT molecular complexity index is 808. The quantitative estimate of drug-likeness (QED) is 0.665. The summed E-state index contributed by atoms with van der Waals surface area (Å²) < 4.78 is 5.19. The van der Waals surface area contributed by atoms with Crippen LogP contribution < -0.4 is 15.7 Å². The highest BCUT2D eigenvalue weighted by molar-refractivity contribution is 5.89. The number of aliphatic carboxylic acids is 1. The zero-order valence-electron chi connectivity index (χ0n) is 16.5. The predicted octanol–water partition coefficient (Wildman–Crippen LogP) is 1.41. The Balaban J connectivity index is 2.06. The Morgan fingerprint density at radius 1 is 0.897 bits per heavy atom. The summed E-state index contributed by atoms with van der Waals surface area (Å²) in [6.07, 6.45) is -0.579. The molecule has 154 valence electrons. The predicted molar refractivity (Wildman–Crippen MR) is 105 cm³/mol. The van der Waals surface area contributed by atoms with Gasteiger partial charge in [-0.25, -0.2) is 4.79 Å². The number of rotatable bonds is 9. The molecule has 2 aromatic rings. The van der Waals surface area contributed by atoms with Crippen molar-refractivity contribution in [2.45, 2.75) is 39.0 Å². The molecule has 0 heterocycles. The van der Waals surface area contributed by atoms with E-state index in [0.29, 0.717) is 0 Å². The van der Waals surface area contributed by atoms with E-state index in [9.17, 15) is 19.5 Å². The number of hydrogen-bond acceptors (Lipinski definition) is 5. The van der Waals surface area contributed by atoms with Crippen molar-refractivity contribution in [3.8, 4) is 0 Å². The van der Waals surface area contributed by atoms with Gasteiger partial charge < -0.3 is 25.3 Å². The summed E-state index contributed by atoms with van der Waals surface area (Å²) in [4.78, 5) is 36.2. The lowest BCUT2D eigenvalue weighted by Crippen LogP contribution is -2.56. The van der Waals surface area contributed by atoms with Gasteiger partial charge in [-0.3, -0.25) is 4.79 Å². The summed E-state index contributed by atoms with van der Waals surface area (Å²) >= 11 is 0. The molecule has 0 bridgehead atoms. The van der Waals surface area contributed by atoms with Crippen molar-refractivity contribution in [3.05, 3.63) is 71.8 Å². The highest BCUT2D eigenvalue weighted by atomic mass is 16.5. The largest absolute Gasteiger partial charge is 0.548 e. The molecule has 0 fully saturated rings. The third-order valence-electron chi connectivity index (χ3n) is 4.32. The summed E-state index contributed by atoms with van der Waals surface area (Å²) in [5.74, 6) is -2.36. The number of carbonyl (C=O) groups is 3. The fourth-order valence-electron chi connectivity index (χ4n) is 2.72. The summed E-state index contributed by atoms with van der Waals surface area (Å²) in [6.45, 7) is 3.38. The van der Waals surface area contributed by atoms with Gasteiger partial charge in [-0.05, 0) is 17.0 Å². The summed E-state index contributed by atoms with van der Waals surface area (Å²) in [7, 11) is 0. The van der Waals surface area contributed by atoms with E-state index in [1.54, 1.807) is 13.8 Å². The number of ether oxygens (including phenoxy) is 1. The molecule has 7 heteroatoms. The number of carboxylic acids is 1. The SMILES string of the molecule is CC(C)[C@H](NC(=O)[C@@H](Cc1ccccc1)NC(=O)OCc1ccccc1)C(=O)[O-]. The Labute approximate surface area is 170 Å². The second-order valence-electron chi connectivity index (χ2n) is 7.00. The maximum atomic E-state index is 12.7. The molecule has 2 aromatic carbocycles. The van der Waals surface area contributed by atoms with Gasteiger partial charge in [-0.1, -0.05) is 74.5 Å². The van der Waals surface area contributed by atoms with E-state index < -0.39 is 30.1 Å². The fraction of sp³-hybridized carbons (Fsp3) is 0.318. The van der Waals surface area contributed by atoms with Crippen molar-refractivity contribution in [1.29, 1.82) is 0 Å². The molecule has 2 N–H and O–H groups in total. The van der Waals surface area contributed by atoms with E-state index in [4.69, 9.17) is 4.74 Å². The molecule has 2 rings (SSSR count). The maximum Gasteiger partial charge on any atom is 0.408 e. The molecule has 0 aliphatic heterocycles. The lowest BCUT2D eigenvalue weighted by atomic mass is 10.0. The van der Waals surface area contributed by atoms with Crippen molar-refractivity contribution in [2.75, 3.05) is 0 Å². The number of benzene rings is 2. The monoisotopic (exact) mass is 397 g/mol. The zero-order chi connectivity index (χ0) is 21.2. The number of nitrogens with one attached hydrogen (secondary N) is 2. The average molecular weight is 397 g/mol. The summed E-state index contributed by atoms with van der Waals surface area (Å²) in [5.41, 5.74) is 1.62. The molecule has 0 saturated carbocycles. The van der Waals surface area contributed by atoms with Crippen LogP contribution in [0.3, 0.4) is 0 Å². The van der Waals surface area contributed by atoms with Crippen LogP contribution in [0.15, 0.2) is 60.7 Å². The highest BCUT2D eigenvalue weighted by Crippen LogP contribution is 2.07. The fourth-order valence-corrected chi connectivity index (χ4v) is 2.72. The molecular formula is C22H25N2O5-. The van der Waals surface area contributed by atoms with E-state index in [-0.39, 0.29) is 18.9 Å². The molecule has 7 nitrogen and oxygen atoms in total. The van der Waals surface area contributed by atoms with Crippen LogP contribution in [-0.2, 0) is 27.4 Å². The van der Waals surface area contributed by atoms with Gasteiger partial charge in [0.1, 0.15) is 12.6 Å². The van der Waals surface area contributed by atoms with E-state index in [1.807, 2.05) is 60.7 Å². The molecule has 0 unspecified atom stereocenters. The highest BCUT2D eigenvalue weighted by Gasteiger charge is 2.26. The van der Waals surface area contributed by atoms with E-state index in [2.05, 4.69) is 10.6 Å². The van der Waals surface area contributed by atoms with Crippen LogP contribution in [0.5, 0.6) is 0 Å². The number of hydrogen-bond donors (Lipinski definition) is 2. The molecule has 2 atom stereocenters. The van der Waals surface area contributed by atoms with Crippen LogP contribution in [0, 0.1) is 5.92 Å². The van der Waals surface area contributed by atoms with Gasteiger partial charge in [-0.2, -0.15) is 0 Å². The molecular weight excluding hydrogens is 372 g/mol. The second-order valence-corrected chi connectivity index (χ2v) is 7.00. The average Bonchev–Trinajstić information content (AvgIpc) is 2.71. The third-order valence-corrected chi connectivity index (χ3v) is 4.32. The number of carbonyl (C=O) groups excluding carboxylic acids is 3. The first-order valence-electron chi connectivity index (χ1n) is 9.39. The van der Waals surface area contributed by atoms with Gasteiger partial charge in [0, 0.05) is 6.42 Å². The molecule has 0 aliphatic carbocycles. The minimum Gasteiger partial charge on any atom is -0.548 e. The lowest BCUT2D eigenvalue weighted by molar-refractivity contribution is -0.309. The van der Waals surface area contributed by atoms with Crippen molar-refractivity contribution >= 4 is 18.0 Å². The molecule has 2 amide bonds. The van der Waals surface area contributed by atoms with Gasteiger partial charge in [0.25, 0.3) is 0 Å². The van der Waals surface area contributed by atoms with Crippen LogP contribution in [-0.4, -0.2) is 30.1 Å². The minimum absolute atomic E-state index is 0.0556. The van der Waals surface area contributed by atoms with Crippen LogP contribution in [0.25, 0.3) is 0 Å². The Kier molecular flexibility index (Phi) is 8.21. The van der Waals surface area contributed by atoms with E-state index in [1.165, 1.54) is 0 Å². The molecule has 0 saturated heterocycles. The smallest absolute Gasteiger partial charge is 0.408 e. The zero-order valence-corrected chi connectivity index (χ0v) is 16.5. The van der Waals surface area contributed by atoms with Crippen molar-refractivity contribution in [3.63, 3.8) is 0 Å². The maximum absolute atomic E-state index is 12.7. The standard InChI is InChI=1S/C22H26N2O5/c1-15(2)19(21(26)27)24-20(25)18(13-16-9-5-3-6-10-16)23-22(28)29-14-17-11-7-4-8-12-17/h3-12,15,18-19H,13-14H2,1-2H3,(H,23,28)(H,24,25)(H,26,27)/p-1/t18-,19+/m1/s1. The lowest BCUT2D eigenvalue weighted by Gasteiger charge is -2.26. The summed E-state index contributed by atoms with van der Waals surface area (Å²) in [5, 5.41) is 16.3. The van der Waals surface area contributed by atoms with Crippen molar-refractivity contribution in [2.24, 2.45) is 5.92 Å². The molecule has 29 heavy (non-hydrogen) atoms. The summed E-state index contributed by atoms with van der Waals surface area (Å²) in [6, 6.07) is 16.1. The van der Waals surface area contributed by atoms with Crippen LogP contribution in [0.1, 0.15) is 25.0 Å². The van der Waals surface area contributed by atoms with Gasteiger partial charge in [0.05, 0.1) is 12.0 Å². The minimum atomic E-state index is -1.38. The normalized spacial score (nSPS) is 12.7. The van der Waals surface area contributed by atoms with Gasteiger partial charge in [-0.15, -0.1) is 0 Å². The molecule has 0 aliphatic rings. The topological polar surface area (TPSA) is 108 Å². The molecule has 0 aromatic heterocycles. The first-order chi connectivity index (χ1) is 13.9. The number of amides is 2. The van der Waals surface area contributed by atoms with Crippen LogP contribution in [0.4, 0.5) is 4.79 Å². The number of carboxylic acid groups (broad SMARTS) is 1. The van der Waals surface area contributed by atoms with Crippen molar-refractivity contribution in [1.82, 2.24) is 10.6 Å². The van der Waals surface area contributed by atoms with Gasteiger partial charge in [0.15, 0.2) is 0 Å². The first kappa shape index (κ1) is 21.9. The van der Waals surface area contributed by atoms with Gasteiger partial charge >= 0.3 is 6.09 Å². The Morgan fingerprint density at radius 2 is 1.45 bits per heavy atom. The Morgan fingerprint density at radius 3 is 1.97 bits per heavy atom. The Hall–Kier alpha value is -3.35. The molecule has 0 spiro atoms. The second kappa shape index (κ2) is 10.8. The molecule has 0 radical (unpaired) electrons. The van der Waals surface area contributed by atoms with Crippen LogP contribution in [0.2, 0.25) is 0 Å². The van der Waals surface area contributed by atoms with Gasteiger partial charge in [0.2, 0.25) is 5.91 Å². The number of alkyl carbamates (subject to hydrolysis) is 1. The third kappa shape index (κ3) is 7.29. The van der Waals surface area contributed by atoms with E-state index >= 15 is 0 Å².